The first-order valence-corrected chi connectivity index (χ1v) is 7.81. The summed E-state index contributed by atoms with van der Waals surface area (Å²) in [6, 6.07) is 6.70. The average molecular weight is 284 g/mol. The Labute approximate surface area is 114 Å². The first-order chi connectivity index (χ1) is 8.96. The molecule has 0 saturated carbocycles. The maximum absolute atomic E-state index is 12.7. The van der Waals surface area contributed by atoms with Gasteiger partial charge in [-0.05, 0) is 31.9 Å². The summed E-state index contributed by atoms with van der Waals surface area (Å²) in [5, 5.41) is 0. The molecule has 0 amide bonds. The zero-order valence-corrected chi connectivity index (χ0v) is 12.1. The van der Waals surface area contributed by atoms with Crippen LogP contribution in [0.1, 0.15) is 19.8 Å². The van der Waals surface area contributed by atoms with E-state index in [4.69, 9.17) is 10.5 Å². The molecule has 1 saturated heterocycles. The number of sulfonamides is 1. The standard InChI is InChI=1S/C13H20N2O3S/c1-10-9-11(14)7-8-15(10)19(16,17)13-6-4-3-5-12(13)18-2/h3-6,10-11H,7-9,14H2,1-2H3/t10-,11-/m1/s1. The molecular formula is C13H20N2O3S. The number of hydrogen-bond acceptors (Lipinski definition) is 4. The molecule has 2 N–H and O–H groups in total. The summed E-state index contributed by atoms with van der Waals surface area (Å²) in [5.74, 6) is 0.379. The molecule has 1 aromatic rings. The summed E-state index contributed by atoms with van der Waals surface area (Å²) in [4.78, 5) is 0.222. The predicted molar refractivity (Wildman–Crippen MR) is 73.6 cm³/mol. The van der Waals surface area contributed by atoms with Gasteiger partial charge in [-0.1, -0.05) is 12.1 Å². The molecular weight excluding hydrogens is 264 g/mol. The van der Waals surface area contributed by atoms with Crippen molar-refractivity contribution in [1.82, 2.24) is 4.31 Å². The third-order valence-corrected chi connectivity index (χ3v) is 5.56. The van der Waals surface area contributed by atoms with E-state index >= 15 is 0 Å². The second kappa shape index (κ2) is 5.48. The first kappa shape index (κ1) is 14.3. The van der Waals surface area contributed by atoms with Crippen LogP contribution in [0.3, 0.4) is 0 Å². The molecule has 2 atom stereocenters. The van der Waals surface area contributed by atoms with Crippen molar-refractivity contribution in [2.75, 3.05) is 13.7 Å². The van der Waals surface area contributed by atoms with Gasteiger partial charge >= 0.3 is 0 Å². The molecule has 1 fully saturated rings. The van der Waals surface area contributed by atoms with Crippen molar-refractivity contribution >= 4 is 10.0 Å². The minimum absolute atomic E-state index is 0.0825. The molecule has 1 aliphatic rings. The van der Waals surface area contributed by atoms with Crippen molar-refractivity contribution in [3.63, 3.8) is 0 Å². The highest BCUT2D eigenvalue weighted by Gasteiger charge is 2.34. The highest BCUT2D eigenvalue weighted by atomic mass is 32.2. The Hall–Kier alpha value is -1.11. The van der Waals surface area contributed by atoms with E-state index in [2.05, 4.69) is 0 Å². The van der Waals surface area contributed by atoms with E-state index in [0.717, 1.165) is 0 Å². The SMILES string of the molecule is COc1ccccc1S(=O)(=O)N1CC[C@@H](N)C[C@H]1C. The van der Waals surface area contributed by atoms with E-state index < -0.39 is 10.0 Å². The Morgan fingerprint density at radius 3 is 2.68 bits per heavy atom. The summed E-state index contributed by atoms with van der Waals surface area (Å²) in [7, 11) is -2.05. The fourth-order valence-electron chi connectivity index (χ4n) is 2.50. The lowest BCUT2D eigenvalue weighted by Gasteiger charge is -2.35. The number of benzene rings is 1. The average Bonchev–Trinajstić information content (AvgIpc) is 2.38. The molecule has 0 bridgehead atoms. The van der Waals surface area contributed by atoms with E-state index in [1.165, 1.54) is 11.4 Å². The van der Waals surface area contributed by atoms with Crippen molar-refractivity contribution in [3.05, 3.63) is 24.3 Å². The maximum atomic E-state index is 12.7. The summed E-state index contributed by atoms with van der Waals surface area (Å²) >= 11 is 0. The van der Waals surface area contributed by atoms with Crippen molar-refractivity contribution in [2.45, 2.75) is 36.7 Å². The highest BCUT2D eigenvalue weighted by Crippen LogP contribution is 2.30. The van der Waals surface area contributed by atoms with E-state index in [1.807, 2.05) is 6.92 Å². The molecule has 1 heterocycles. The van der Waals surface area contributed by atoms with Crippen LogP contribution in [-0.4, -0.2) is 38.5 Å². The molecule has 0 aromatic heterocycles. The molecule has 1 aromatic carbocycles. The topological polar surface area (TPSA) is 72.6 Å². The quantitative estimate of drug-likeness (QED) is 0.905. The summed E-state index contributed by atoms with van der Waals surface area (Å²) in [6.07, 6.45) is 1.38. The molecule has 6 heteroatoms. The van der Waals surface area contributed by atoms with Crippen molar-refractivity contribution in [3.8, 4) is 5.75 Å². The molecule has 0 aliphatic carbocycles. The molecule has 0 radical (unpaired) electrons. The summed E-state index contributed by atoms with van der Waals surface area (Å²) < 4.78 is 32.0. The number of nitrogens with zero attached hydrogens (tertiary/aromatic N) is 1. The van der Waals surface area contributed by atoms with Crippen LogP contribution in [0.2, 0.25) is 0 Å². The van der Waals surface area contributed by atoms with E-state index in [0.29, 0.717) is 25.1 Å². The lowest BCUT2D eigenvalue weighted by molar-refractivity contribution is 0.246. The third-order valence-electron chi connectivity index (χ3n) is 3.51. The van der Waals surface area contributed by atoms with Gasteiger partial charge in [0.15, 0.2) is 0 Å². The molecule has 0 unspecified atom stereocenters. The number of hydrogen-bond donors (Lipinski definition) is 1. The van der Waals surface area contributed by atoms with Crippen LogP contribution in [-0.2, 0) is 10.0 Å². The van der Waals surface area contributed by atoms with Crippen LogP contribution in [0.25, 0.3) is 0 Å². The largest absolute Gasteiger partial charge is 0.495 e. The highest BCUT2D eigenvalue weighted by molar-refractivity contribution is 7.89. The molecule has 0 spiro atoms. The van der Waals surface area contributed by atoms with Crippen LogP contribution in [0.15, 0.2) is 29.2 Å². The Bertz CT molecular complexity index is 545. The van der Waals surface area contributed by atoms with Gasteiger partial charge in [-0.25, -0.2) is 8.42 Å². The maximum Gasteiger partial charge on any atom is 0.246 e. The lowest BCUT2D eigenvalue weighted by Crippen LogP contribution is -2.48. The van der Waals surface area contributed by atoms with Crippen LogP contribution in [0.4, 0.5) is 0 Å². The lowest BCUT2D eigenvalue weighted by atomic mass is 10.0. The number of para-hydroxylation sites is 1. The van der Waals surface area contributed by atoms with Gasteiger partial charge in [0.1, 0.15) is 10.6 Å². The van der Waals surface area contributed by atoms with E-state index in [-0.39, 0.29) is 17.0 Å². The zero-order chi connectivity index (χ0) is 14.0. The zero-order valence-electron chi connectivity index (χ0n) is 11.2. The van der Waals surface area contributed by atoms with Gasteiger partial charge in [-0.3, -0.25) is 0 Å². The van der Waals surface area contributed by atoms with Gasteiger partial charge in [0.05, 0.1) is 7.11 Å². The van der Waals surface area contributed by atoms with Crippen LogP contribution in [0.5, 0.6) is 5.75 Å². The number of piperidine rings is 1. The molecule has 19 heavy (non-hydrogen) atoms. The Morgan fingerprint density at radius 1 is 1.37 bits per heavy atom. The van der Waals surface area contributed by atoms with Gasteiger partial charge in [0, 0.05) is 18.6 Å². The van der Waals surface area contributed by atoms with E-state index in [9.17, 15) is 8.42 Å². The minimum atomic E-state index is -3.52. The van der Waals surface area contributed by atoms with Gasteiger partial charge in [0.2, 0.25) is 10.0 Å². The Kier molecular flexibility index (Phi) is 4.13. The Balaban J connectivity index is 2.37. The molecule has 5 nitrogen and oxygen atoms in total. The van der Waals surface area contributed by atoms with Gasteiger partial charge in [-0.2, -0.15) is 4.31 Å². The van der Waals surface area contributed by atoms with Gasteiger partial charge < -0.3 is 10.5 Å². The molecule has 106 valence electrons. The smallest absolute Gasteiger partial charge is 0.246 e. The second-order valence-electron chi connectivity index (χ2n) is 4.90. The van der Waals surface area contributed by atoms with Crippen LogP contribution in [0, 0.1) is 0 Å². The predicted octanol–water partition coefficient (Wildman–Crippen LogP) is 1.20. The number of rotatable bonds is 3. The van der Waals surface area contributed by atoms with Crippen molar-refractivity contribution < 1.29 is 13.2 Å². The third kappa shape index (κ3) is 2.75. The number of ether oxygens (including phenoxy) is 1. The van der Waals surface area contributed by atoms with Gasteiger partial charge in [0.25, 0.3) is 0 Å². The van der Waals surface area contributed by atoms with Crippen molar-refractivity contribution in [2.24, 2.45) is 5.73 Å². The van der Waals surface area contributed by atoms with Crippen LogP contribution >= 0.6 is 0 Å². The fourth-order valence-corrected chi connectivity index (χ4v) is 4.32. The molecule has 1 aliphatic heterocycles. The fraction of sp³-hybridized carbons (Fsp3) is 0.538. The van der Waals surface area contributed by atoms with E-state index in [1.54, 1.807) is 24.3 Å². The summed E-state index contributed by atoms with van der Waals surface area (Å²) in [6.45, 7) is 2.36. The minimum Gasteiger partial charge on any atom is -0.495 e. The number of methoxy groups -OCH3 is 1. The number of nitrogens with two attached hydrogens (primary N) is 1. The van der Waals surface area contributed by atoms with Gasteiger partial charge in [-0.15, -0.1) is 0 Å². The van der Waals surface area contributed by atoms with Crippen molar-refractivity contribution in [1.29, 1.82) is 0 Å². The molecule has 2 rings (SSSR count). The first-order valence-electron chi connectivity index (χ1n) is 6.37. The van der Waals surface area contributed by atoms with Crippen LogP contribution < -0.4 is 10.5 Å². The Morgan fingerprint density at radius 2 is 2.05 bits per heavy atom. The monoisotopic (exact) mass is 284 g/mol. The normalized spacial score (nSPS) is 25.2. The second-order valence-corrected chi connectivity index (χ2v) is 6.76. The summed E-state index contributed by atoms with van der Waals surface area (Å²) in [5.41, 5.74) is 5.88.